The number of aliphatic hydroxyl groups is 1. The largest absolute Gasteiger partial charge is 0.507 e. The summed E-state index contributed by atoms with van der Waals surface area (Å²) in [6.07, 6.45) is 1.40. The summed E-state index contributed by atoms with van der Waals surface area (Å²) < 4.78 is 24.5. The van der Waals surface area contributed by atoms with E-state index in [0.717, 1.165) is 12.8 Å². The Hall–Kier alpha value is -3.39. The molecule has 2 aliphatic rings. The third kappa shape index (κ3) is 4.05. The van der Waals surface area contributed by atoms with Gasteiger partial charge in [-0.2, -0.15) is 0 Å². The third-order valence-corrected chi connectivity index (χ3v) is 5.68. The first-order valence-electron chi connectivity index (χ1n) is 10.5. The van der Waals surface area contributed by atoms with Gasteiger partial charge in [0.25, 0.3) is 11.7 Å². The highest BCUT2D eigenvalue weighted by molar-refractivity contribution is 6.46. The van der Waals surface area contributed by atoms with Gasteiger partial charge in [0.05, 0.1) is 24.3 Å². The summed E-state index contributed by atoms with van der Waals surface area (Å²) in [5, 5.41) is 21.1. The number of benzene rings is 2. The van der Waals surface area contributed by atoms with Crippen molar-refractivity contribution < 1.29 is 33.7 Å². The average molecular weight is 441 g/mol. The predicted octanol–water partition coefficient (Wildman–Crippen LogP) is 3.53. The highest BCUT2D eigenvalue weighted by Gasteiger charge is 2.47. The minimum Gasteiger partial charge on any atom is -0.507 e. The zero-order valence-electron chi connectivity index (χ0n) is 17.6. The molecule has 0 radical (unpaired) electrons. The number of phenolic OH excluding ortho intramolecular Hbond substituents is 1. The molecule has 0 aliphatic carbocycles. The third-order valence-electron chi connectivity index (χ3n) is 5.68. The van der Waals surface area contributed by atoms with Gasteiger partial charge in [-0.3, -0.25) is 9.59 Å². The molecule has 0 spiro atoms. The fourth-order valence-electron chi connectivity index (χ4n) is 4.16. The Labute approximate surface area is 184 Å². The fraction of sp³-hybridized carbons (Fsp3) is 0.333. The zero-order valence-corrected chi connectivity index (χ0v) is 17.6. The van der Waals surface area contributed by atoms with Crippen molar-refractivity contribution in [3.8, 4) is 11.5 Å². The van der Waals surface area contributed by atoms with Crippen LogP contribution in [0.5, 0.6) is 11.5 Å². The lowest BCUT2D eigenvalue weighted by molar-refractivity contribution is -0.140. The molecule has 2 saturated heterocycles. The highest BCUT2D eigenvalue weighted by atomic mass is 19.1. The smallest absolute Gasteiger partial charge is 0.295 e. The van der Waals surface area contributed by atoms with E-state index < -0.39 is 29.3 Å². The molecule has 7 nitrogen and oxygen atoms in total. The number of amides is 1. The normalized spacial score (nSPS) is 22.5. The van der Waals surface area contributed by atoms with Gasteiger partial charge >= 0.3 is 0 Å². The maximum atomic E-state index is 13.4. The van der Waals surface area contributed by atoms with Crippen LogP contribution in [0.25, 0.3) is 5.76 Å². The first-order valence-corrected chi connectivity index (χ1v) is 10.5. The maximum Gasteiger partial charge on any atom is 0.295 e. The van der Waals surface area contributed by atoms with Crippen LogP contribution in [0.2, 0.25) is 0 Å². The second-order valence-corrected chi connectivity index (χ2v) is 7.75. The Kier molecular flexibility index (Phi) is 6.14. The van der Waals surface area contributed by atoms with E-state index in [2.05, 4.69) is 0 Å². The number of aromatic hydroxyl groups is 1. The molecule has 2 aliphatic heterocycles. The first kappa shape index (κ1) is 21.8. The number of Topliss-reactive ketones (excluding diaryl/α,β-unsaturated/α-hetero) is 1. The van der Waals surface area contributed by atoms with Gasteiger partial charge in [-0.25, -0.2) is 4.39 Å². The van der Waals surface area contributed by atoms with E-state index in [4.69, 9.17) is 9.47 Å². The molecule has 2 heterocycles. The zero-order chi connectivity index (χ0) is 22.8. The van der Waals surface area contributed by atoms with E-state index in [0.29, 0.717) is 18.8 Å². The average Bonchev–Trinajstić information content (AvgIpc) is 3.38. The molecule has 2 fully saturated rings. The number of likely N-dealkylation sites (tertiary alicyclic amines) is 1. The number of aliphatic hydroxyl groups excluding tert-OH is 1. The van der Waals surface area contributed by atoms with Gasteiger partial charge in [-0.1, -0.05) is 6.07 Å². The van der Waals surface area contributed by atoms with Gasteiger partial charge in [-0.15, -0.1) is 0 Å². The molecule has 1 amide bonds. The standard InChI is InChI=1S/C24H24FNO6/c1-2-31-19-12-15(7-10-18(19)27)21-20(22(28)14-5-8-16(25)9-6-14)23(29)24(30)26(21)13-17-4-3-11-32-17/h5-10,12,17,21,27-28H,2-4,11,13H2,1H3/b22-20-. The highest BCUT2D eigenvalue weighted by Crippen LogP contribution is 2.42. The monoisotopic (exact) mass is 441 g/mol. The van der Waals surface area contributed by atoms with Crippen LogP contribution in [0.3, 0.4) is 0 Å². The van der Waals surface area contributed by atoms with Crippen molar-refractivity contribution >= 4 is 17.4 Å². The summed E-state index contributed by atoms with van der Waals surface area (Å²) in [6.45, 7) is 2.84. The number of carbonyl (C=O) groups excluding carboxylic acids is 2. The van der Waals surface area contributed by atoms with Crippen molar-refractivity contribution in [1.29, 1.82) is 0 Å². The Morgan fingerprint density at radius 1 is 1.22 bits per heavy atom. The van der Waals surface area contributed by atoms with Crippen LogP contribution in [0.1, 0.15) is 36.9 Å². The second-order valence-electron chi connectivity index (χ2n) is 7.75. The molecule has 2 unspecified atom stereocenters. The number of ether oxygens (including phenoxy) is 2. The Balaban J connectivity index is 1.84. The summed E-state index contributed by atoms with van der Waals surface area (Å²) in [4.78, 5) is 27.4. The molecule has 0 bridgehead atoms. The Morgan fingerprint density at radius 2 is 1.97 bits per heavy atom. The van der Waals surface area contributed by atoms with Crippen molar-refractivity contribution in [3.05, 3.63) is 65.0 Å². The number of halogens is 1. The van der Waals surface area contributed by atoms with Crippen molar-refractivity contribution in [3.63, 3.8) is 0 Å². The van der Waals surface area contributed by atoms with Crippen molar-refractivity contribution in [2.45, 2.75) is 31.9 Å². The molecule has 2 atom stereocenters. The number of hydrogen-bond donors (Lipinski definition) is 2. The number of phenols is 1. The van der Waals surface area contributed by atoms with Crippen LogP contribution in [0.4, 0.5) is 4.39 Å². The lowest BCUT2D eigenvalue weighted by Gasteiger charge is -2.27. The van der Waals surface area contributed by atoms with Gasteiger partial charge in [0.1, 0.15) is 11.6 Å². The quantitative estimate of drug-likeness (QED) is 0.405. The van der Waals surface area contributed by atoms with Crippen LogP contribution >= 0.6 is 0 Å². The number of rotatable bonds is 6. The van der Waals surface area contributed by atoms with E-state index >= 15 is 0 Å². The molecule has 32 heavy (non-hydrogen) atoms. The maximum absolute atomic E-state index is 13.4. The van der Waals surface area contributed by atoms with Gasteiger partial charge in [0.15, 0.2) is 11.5 Å². The second kappa shape index (κ2) is 9.00. The minimum absolute atomic E-state index is 0.0785. The van der Waals surface area contributed by atoms with Crippen LogP contribution in [0.15, 0.2) is 48.0 Å². The number of hydrogen-bond acceptors (Lipinski definition) is 6. The predicted molar refractivity (Wildman–Crippen MR) is 114 cm³/mol. The van der Waals surface area contributed by atoms with Crippen molar-refractivity contribution in [2.24, 2.45) is 0 Å². The molecule has 2 aromatic carbocycles. The number of carbonyl (C=O) groups is 2. The lowest BCUT2D eigenvalue weighted by Crippen LogP contribution is -2.36. The van der Waals surface area contributed by atoms with E-state index in [1.54, 1.807) is 19.1 Å². The molecule has 2 aromatic rings. The van der Waals surface area contributed by atoms with E-state index in [1.807, 2.05) is 0 Å². The molecular formula is C24H24FNO6. The van der Waals surface area contributed by atoms with Crippen LogP contribution < -0.4 is 4.74 Å². The van der Waals surface area contributed by atoms with Gasteiger partial charge < -0.3 is 24.6 Å². The summed E-state index contributed by atoms with van der Waals surface area (Å²) >= 11 is 0. The fourth-order valence-corrected chi connectivity index (χ4v) is 4.16. The Morgan fingerprint density at radius 3 is 2.62 bits per heavy atom. The summed E-state index contributed by atoms with van der Waals surface area (Å²) in [7, 11) is 0. The lowest BCUT2D eigenvalue weighted by atomic mass is 9.95. The summed E-state index contributed by atoms with van der Waals surface area (Å²) in [6, 6.07) is 8.66. The topological polar surface area (TPSA) is 96.3 Å². The molecule has 0 aromatic heterocycles. The Bertz CT molecular complexity index is 1060. The van der Waals surface area contributed by atoms with Gasteiger partial charge in [0.2, 0.25) is 0 Å². The summed E-state index contributed by atoms with van der Waals surface area (Å²) in [5.41, 5.74) is 0.607. The SMILES string of the molecule is CCOc1cc(C2/C(=C(/O)c3ccc(F)cc3)C(=O)C(=O)N2CC2CCCO2)ccc1O. The van der Waals surface area contributed by atoms with Crippen LogP contribution in [-0.4, -0.2) is 52.7 Å². The summed E-state index contributed by atoms with van der Waals surface area (Å²) in [5.74, 6) is -2.34. The molecule has 4 rings (SSSR count). The molecule has 0 saturated carbocycles. The molecule has 8 heteroatoms. The van der Waals surface area contributed by atoms with Crippen molar-refractivity contribution in [1.82, 2.24) is 4.90 Å². The molecule has 168 valence electrons. The minimum atomic E-state index is -0.913. The van der Waals surface area contributed by atoms with Crippen LogP contribution in [0, 0.1) is 5.82 Å². The van der Waals surface area contributed by atoms with Crippen molar-refractivity contribution in [2.75, 3.05) is 19.8 Å². The van der Waals surface area contributed by atoms with Crippen LogP contribution in [-0.2, 0) is 14.3 Å². The number of nitrogens with zero attached hydrogens (tertiary/aromatic N) is 1. The molecular weight excluding hydrogens is 417 g/mol. The molecule has 2 N–H and O–H groups in total. The van der Waals surface area contributed by atoms with E-state index in [9.17, 15) is 24.2 Å². The van der Waals surface area contributed by atoms with E-state index in [-0.39, 0.29) is 35.3 Å². The number of ketones is 1. The van der Waals surface area contributed by atoms with E-state index in [1.165, 1.54) is 35.2 Å². The van der Waals surface area contributed by atoms with Gasteiger partial charge in [0, 0.05) is 18.7 Å². The first-order chi connectivity index (χ1) is 15.4. The van der Waals surface area contributed by atoms with Gasteiger partial charge in [-0.05, 0) is 61.7 Å².